The van der Waals surface area contributed by atoms with Crippen LogP contribution in [0.2, 0.25) is 0 Å². The minimum absolute atomic E-state index is 0.0165. The van der Waals surface area contributed by atoms with Crippen LogP contribution >= 0.6 is 11.8 Å². The van der Waals surface area contributed by atoms with E-state index in [1.807, 2.05) is 55.7 Å². The largest absolute Gasteiger partial charge is 0.363 e. The van der Waals surface area contributed by atoms with Crippen LogP contribution < -0.4 is 0 Å². The van der Waals surface area contributed by atoms with Gasteiger partial charge in [-0.05, 0) is 39.0 Å². The number of aromatic nitrogens is 6. The Labute approximate surface area is 175 Å². The van der Waals surface area contributed by atoms with Gasteiger partial charge in [-0.2, -0.15) is 4.52 Å². The number of hydrogen-bond acceptors (Lipinski definition) is 7. The summed E-state index contributed by atoms with van der Waals surface area (Å²) < 4.78 is 8.58. The van der Waals surface area contributed by atoms with Gasteiger partial charge in [0.1, 0.15) is 12.1 Å². The minimum Gasteiger partial charge on any atom is -0.363 e. The van der Waals surface area contributed by atoms with Crippen molar-refractivity contribution < 1.29 is 9.32 Å². The quantitative estimate of drug-likeness (QED) is 0.242. The van der Waals surface area contributed by atoms with E-state index in [0.29, 0.717) is 22.4 Å². The Balaban J connectivity index is 1.47. The molecule has 0 unspecified atom stereocenters. The van der Waals surface area contributed by atoms with Crippen molar-refractivity contribution in [3.05, 3.63) is 65.4 Å². The molecule has 0 bridgehead atoms. The van der Waals surface area contributed by atoms with Gasteiger partial charge in [0.2, 0.25) is 0 Å². The maximum Gasteiger partial charge on any atom is 0.192 e. The molecule has 0 aliphatic rings. The molecule has 30 heavy (non-hydrogen) atoms. The number of thioether (sulfide) groups is 1. The molecule has 4 aromatic heterocycles. The summed E-state index contributed by atoms with van der Waals surface area (Å²) in [6, 6.07) is 11.5. The van der Waals surface area contributed by atoms with E-state index >= 15 is 0 Å². The third-order valence-corrected chi connectivity index (χ3v) is 5.90. The van der Waals surface area contributed by atoms with Crippen molar-refractivity contribution in [3.63, 3.8) is 0 Å². The van der Waals surface area contributed by atoms with Crippen LogP contribution in [0, 0.1) is 20.8 Å². The van der Waals surface area contributed by atoms with Gasteiger partial charge in [0.05, 0.1) is 11.3 Å². The van der Waals surface area contributed by atoms with Crippen molar-refractivity contribution in [2.75, 3.05) is 5.75 Å². The molecule has 0 spiro atoms. The summed E-state index contributed by atoms with van der Waals surface area (Å²) in [7, 11) is 0. The summed E-state index contributed by atoms with van der Waals surface area (Å²) in [5.74, 6) is 1.58. The zero-order valence-electron chi connectivity index (χ0n) is 16.7. The lowest BCUT2D eigenvalue weighted by Crippen LogP contribution is -2.07. The molecule has 150 valence electrons. The Morgan fingerprint density at radius 3 is 2.77 bits per heavy atom. The second-order valence-corrected chi connectivity index (χ2v) is 7.94. The molecular weight excluding hydrogens is 400 g/mol. The number of para-hydroxylation sites is 1. The Hall–Kier alpha value is -3.46. The topological polar surface area (TPSA) is 91.1 Å². The fourth-order valence-electron chi connectivity index (χ4n) is 3.65. The first kappa shape index (κ1) is 18.6. The first-order valence-corrected chi connectivity index (χ1v) is 10.4. The molecule has 0 saturated heterocycles. The molecule has 5 aromatic rings. The number of ketones is 1. The molecule has 0 aliphatic carbocycles. The highest BCUT2D eigenvalue weighted by Gasteiger charge is 2.19. The second kappa shape index (κ2) is 7.10. The molecule has 0 aliphatic heterocycles. The van der Waals surface area contributed by atoms with Gasteiger partial charge in [-0.15, -0.1) is 5.10 Å². The number of nitrogens with zero attached hydrogens (tertiary/aromatic N) is 6. The van der Waals surface area contributed by atoms with Crippen molar-refractivity contribution in [1.29, 1.82) is 0 Å². The number of hydrogen-bond donors (Lipinski definition) is 0. The standard InChI is InChI=1S/C21H18N6O2S/c1-12-10-16(13(2)26(12)19-8-9-29-25-19)18(28)11-30-21-23-17-7-5-4-6-15(17)20-22-14(3)24-27(20)21/h4-10H,11H2,1-3H3. The van der Waals surface area contributed by atoms with Gasteiger partial charge in [0.15, 0.2) is 22.4 Å². The molecule has 4 heterocycles. The van der Waals surface area contributed by atoms with Gasteiger partial charge in [0, 0.05) is 28.4 Å². The van der Waals surface area contributed by atoms with E-state index in [1.165, 1.54) is 18.0 Å². The molecule has 0 atom stereocenters. The maximum atomic E-state index is 13.0. The van der Waals surface area contributed by atoms with Crippen LogP contribution in [-0.4, -0.2) is 40.8 Å². The summed E-state index contributed by atoms with van der Waals surface area (Å²) in [5, 5.41) is 10.0. The molecule has 0 radical (unpaired) electrons. The summed E-state index contributed by atoms with van der Waals surface area (Å²) >= 11 is 1.36. The fourth-order valence-corrected chi connectivity index (χ4v) is 4.48. The van der Waals surface area contributed by atoms with E-state index in [9.17, 15) is 4.79 Å². The van der Waals surface area contributed by atoms with Crippen molar-refractivity contribution in [2.45, 2.75) is 25.9 Å². The second-order valence-electron chi connectivity index (χ2n) is 7.00. The summed E-state index contributed by atoms with van der Waals surface area (Å²) in [6.45, 7) is 5.70. The van der Waals surface area contributed by atoms with Gasteiger partial charge in [0.25, 0.3) is 0 Å². The first-order valence-electron chi connectivity index (χ1n) is 9.41. The third-order valence-electron chi connectivity index (χ3n) is 4.97. The third kappa shape index (κ3) is 2.98. The van der Waals surface area contributed by atoms with Gasteiger partial charge >= 0.3 is 0 Å². The smallest absolute Gasteiger partial charge is 0.192 e. The zero-order chi connectivity index (χ0) is 20.8. The number of carbonyl (C=O) groups excluding carboxylic acids is 1. The normalized spacial score (nSPS) is 11.6. The highest BCUT2D eigenvalue weighted by Crippen LogP contribution is 2.26. The van der Waals surface area contributed by atoms with E-state index in [-0.39, 0.29) is 11.5 Å². The molecule has 8 nitrogen and oxygen atoms in total. The van der Waals surface area contributed by atoms with Crippen molar-refractivity contribution in [3.8, 4) is 5.82 Å². The molecule has 9 heteroatoms. The van der Waals surface area contributed by atoms with Gasteiger partial charge in [-0.3, -0.25) is 9.36 Å². The molecule has 0 saturated carbocycles. The number of benzene rings is 1. The highest BCUT2D eigenvalue weighted by molar-refractivity contribution is 7.99. The van der Waals surface area contributed by atoms with Gasteiger partial charge in [-0.1, -0.05) is 29.1 Å². The van der Waals surface area contributed by atoms with Crippen LogP contribution in [-0.2, 0) is 0 Å². The SMILES string of the molecule is Cc1nc2c3ccccc3nc(SCC(=O)c3cc(C)n(-c4ccon4)c3C)n2n1. The number of Topliss-reactive ketones (excluding diaryl/α,β-unsaturated/α-hetero) is 1. The molecular formula is C21H18N6O2S. The van der Waals surface area contributed by atoms with E-state index in [0.717, 1.165) is 27.9 Å². The van der Waals surface area contributed by atoms with Crippen molar-refractivity contribution in [2.24, 2.45) is 0 Å². The predicted octanol–water partition coefficient (Wildman–Crippen LogP) is 3.96. The summed E-state index contributed by atoms with van der Waals surface area (Å²) in [5.41, 5.74) is 4.00. The van der Waals surface area contributed by atoms with Gasteiger partial charge < -0.3 is 4.52 Å². The van der Waals surface area contributed by atoms with Crippen LogP contribution in [0.3, 0.4) is 0 Å². The molecule has 0 fully saturated rings. The molecule has 0 N–H and O–H groups in total. The summed E-state index contributed by atoms with van der Waals surface area (Å²) in [4.78, 5) is 22.3. The fraction of sp³-hybridized carbons (Fsp3) is 0.190. The van der Waals surface area contributed by atoms with Crippen LogP contribution in [0.1, 0.15) is 27.6 Å². The first-order chi connectivity index (χ1) is 14.5. The lowest BCUT2D eigenvalue weighted by atomic mass is 10.2. The average Bonchev–Trinajstić information content (AvgIpc) is 3.45. The van der Waals surface area contributed by atoms with E-state index in [4.69, 9.17) is 9.51 Å². The minimum atomic E-state index is 0.0165. The van der Waals surface area contributed by atoms with Gasteiger partial charge in [-0.25, -0.2) is 9.97 Å². The van der Waals surface area contributed by atoms with Crippen molar-refractivity contribution >= 4 is 34.1 Å². The van der Waals surface area contributed by atoms with Crippen LogP contribution in [0.5, 0.6) is 0 Å². The van der Waals surface area contributed by atoms with Crippen LogP contribution in [0.4, 0.5) is 0 Å². The monoisotopic (exact) mass is 418 g/mol. The summed E-state index contributed by atoms with van der Waals surface area (Å²) in [6.07, 6.45) is 1.52. The maximum absolute atomic E-state index is 13.0. The Bertz CT molecular complexity index is 1400. The van der Waals surface area contributed by atoms with Crippen molar-refractivity contribution in [1.82, 2.24) is 29.3 Å². The van der Waals surface area contributed by atoms with E-state index in [1.54, 1.807) is 10.6 Å². The Kier molecular flexibility index (Phi) is 4.39. The lowest BCUT2D eigenvalue weighted by molar-refractivity contribution is 0.102. The number of rotatable bonds is 5. The Morgan fingerprint density at radius 1 is 1.13 bits per heavy atom. The number of carbonyl (C=O) groups is 1. The van der Waals surface area contributed by atoms with E-state index < -0.39 is 0 Å². The zero-order valence-corrected chi connectivity index (χ0v) is 17.5. The number of fused-ring (bicyclic) bond motifs is 3. The highest BCUT2D eigenvalue weighted by atomic mass is 32.2. The lowest BCUT2D eigenvalue weighted by Gasteiger charge is -2.07. The van der Waals surface area contributed by atoms with E-state index in [2.05, 4.69) is 15.2 Å². The molecule has 0 amide bonds. The van der Waals surface area contributed by atoms with Crippen LogP contribution in [0.25, 0.3) is 22.4 Å². The average molecular weight is 418 g/mol. The Morgan fingerprint density at radius 2 is 1.97 bits per heavy atom. The molecule has 5 rings (SSSR count). The number of aryl methyl sites for hydroxylation is 2. The molecule has 1 aromatic carbocycles. The predicted molar refractivity (Wildman–Crippen MR) is 113 cm³/mol. The van der Waals surface area contributed by atoms with Crippen LogP contribution in [0.15, 0.2) is 52.3 Å².